The predicted octanol–water partition coefficient (Wildman–Crippen LogP) is 3.73. The highest BCUT2D eigenvalue weighted by Gasteiger charge is 2.25. The third-order valence-electron chi connectivity index (χ3n) is 4.63. The van der Waals surface area contributed by atoms with E-state index < -0.39 is 0 Å². The Kier molecular flexibility index (Phi) is 6.71. The summed E-state index contributed by atoms with van der Waals surface area (Å²) in [4.78, 5) is 30.8. The lowest BCUT2D eigenvalue weighted by Gasteiger charge is -2.32. The van der Waals surface area contributed by atoms with Gasteiger partial charge in [-0.25, -0.2) is 9.78 Å². The van der Waals surface area contributed by atoms with Gasteiger partial charge in [-0.3, -0.25) is 4.79 Å². The number of nitrogens with zero attached hydrogens (tertiary/aromatic N) is 2. The van der Waals surface area contributed by atoms with Gasteiger partial charge in [0.15, 0.2) is 0 Å². The molecule has 0 saturated carbocycles. The van der Waals surface area contributed by atoms with E-state index in [4.69, 9.17) is 11.6 Å². The third kappa shape index (κ3) is 5.36. The Labute approximate surface area is 169 Å². The van der Waals surface area contributed by atoms with E-state index in [1.807, 2.05) is 25.1 Å². The summed E-state index contributed by atoms with van der Waals surface area (Å²) in [6.07, 6.45) is 3.15. The van der Waals surface area contributed by atoms with Gasteiger partial charge in [-0.15, -0.1) is 0 Å². The van der Waals surface area contributed by atoms with Crippen molar-refractivity contribution < 1.29 is 9.59 Å². The number of piperidine rings is 1. The fourth-order valence-electron chi connectivity index (χ4n) is 3.18. The molecular weight excluding hydrogens is 378 g/mol. The maximum atomic E-state index is 12.6. The van der Waals surface area contributed by atoms with Crippen LogP contribution in [-0.2, 0) is 4.79 Å². The molecule has 2 heterocycles. The first-order chi connectivity index (χ1) is 13.5. The van der Waals surface area contributed by atoms with E-state index >= 15 is 0 Å². The minimum absolute atomic E-state index is 0.00104. The molecule has 8 heteroatoms. The lowest BCUT2D eigenvalue weighted by atomic mass is 9.95. The molecule has 1 aromatic heterocycles. The summed E-state index contributed by atoms with van der Waals surface area (Å²) in [5, 5.41) is 8.98. The smallest absolute Gasteiger partial charge is 0.319 e. The maximum Gasteiger partial charge on any atom is 0.319 e. The van der Waals surface area contributed by atoms with Gasteiger partial charge in [0.1, 0.15) is 5.82 Å². The molecule has 148 valence electrons. The summed E-state index contributed by atoms with van der Waals surface area (Å²) in [5.74, 6) is 0.829. The van der Waals surface area contributed by atoms with E-state index in [0.717, 1.165) is 31.7 Å². The highest BCUT2D eigenvalue weighted by Crippen LogP contribution is 2.24. The molecule has 0 spiro atoms. The second-order valence-electron chi connectivity index (χ2n) is 6.65. The standard InChI is InChI=1S/C20H24ClN5O2/c1-2-22-20(28)25-17-5-3-4-16(12-17)24-19(27)14-8-10-26(11-9-14)18-7-6-15(21)13-23-18/h3-7,12-14H,2,8-11H2,1H3,(H,24,27)(H2,22,25,28). The Hall–Kier alpha value is -2.80. The predicted molar refractivity (Wildman–Crippen MR) is 112 cm³/mol. The number of nitrogens with one attached hydrogen (secondary N) is 3. The van der Waals surface area contributed by atoms with Crippen LogP contribution in [0.25, 0.3) is 0 Å². The van der Waals surface area contributed by atoms with Crippen molar-refractivity contribution in [2.75, 3.05) is 35.2 Å². The largest absolute Gasteiger partial charge is 0.357 e. The van der Waals surface area contributed by atoms with Crippen LogP contribution < -0.4 is 20.9 Å². The molecule has 0 unspecified atom stereocenters. The van der Waals surface area contributed by atoms with Crippen LogP contribution in [0.15, 0.2) is 42.6 Å². The van der Waals surface area contributed by atoms with Crippen molar-refractivity contribution in [3.63, 3.8) is 0 Å². The lowest BCUT2D eigenvalue weighted by Crippen LogP contribution is -2.38. The Balaban J connectivity index is 1.53. The van der Waals surface area contributed by atoms with Crippen molar-refractivity contribution in [1.82, 2.24) is 10.3 Å². The van der Waals surface area contributed by atoms with Crippen LogP contribution in [0.5, 0.6) is 0 Å². The number of hydrogen-bond acceptors (Lipinski definition) is 4. The Morgan fingerprint density at radius 3 is 2.50 bits per heavy atom. The molecule has 28 heavy (non-hydrogen) atoms. The van der Waals surface area contributed by atoms with Crippen molar-refractivity contribution in [3.05, 3.63) is 47.6 Å². The number of carbonyl (C=O) groups excluding carboxylic acids is 2. The van der Waals surface area contributed by atoms with Gasteiger partial charge in [-0.05, 0) is 50.1 Å². The number of anilines is 3. The number of carbonyl (C=O) groups is 2. The normalized spacial score (nSPS) is 14.4. The zero-order valence-corrected chi connectivity index (χ0v) is 16.5. The molecule has 3 amide bonds. The SMILES string of the molecule is CCNC(=O)Nc1cccc(NC(=O)C2CCN(c3ccc(Cl)cn3)CC2)c1. The average Bonchev–Trinajstić information content (AvgIpc) is 2.69. The number of hydrogen-bond donors (Lipinski definition) is 3. The van der Waals surface area contributed by atoms with Crippen LogP contribution in [0.2, 0.25) is 5.02 Å². The maximum absolute atomic E-state index is 12.6. The first-order valence-corrected chi connectivity index (χ1v) is 9.75. The molecule has 0 aliphatic carbocycles. The molecule has 1 aromatic carbocycles. The summed E-state index contributed by atoms with van der Waals surface area (Å²) >= 11 is 5.89. The van der Waals surface area contributed by atoms with Crippen LogP contribution in [0.4, 0.5) is 22.0 Å². The van der Waals surface area contributed by atoms with Crippen molar-refractivity contribution in [2.24, 2.45) is 5.92 Å². The van der Waals surface area contributed by atoms with E-state index in [0.29, 0.717) is 22.9 Å². The summed E-state index contributed by atoms with van der Waals surface area (Å²) in [7, 11) is 0. The Morgan fingerprint density at radius 1 is 1.14 bits per heavy atom. The quantitative estimate of drug-likeness (QED) is 0.712. The fourth-order valence-corrected chi connectivity index (χ4v) is 3.29. The van der Waals surface area contributed by atoms with Crippen molar-refractivity contribution in [3.8, 4) is 0 Å². The topological polar surface area (TPSA) is 86.4 Å². The highest BCUT2D eigenvalue weighted by molar-refractivity contribution is 6.30. The van der Waals surface area contributed by atoms with E-state index in [-0.39, 0.29) is 17.9 Å². The number of halogens is 1. The zero-order chi connectivity index (χ0) is 19.9. The van der Waals surface area contributed by atoms with Crippen LogP contribution >= 0.6 is 11.6 Å². The van der Waals surface area contributed by atoms with Gasteiger partial charge in [0.25, 0.3) is 0 Å². The van der Waals surface area contributed by atoms with Crippen LogP contribution in [0.3, 0.4) is 0 Å². The molecule has 1 saturated heterocycles. The van der Waals surface area contributed by atoms with Crippen molar-refractivity contribution in [1.29, 1.82) is 0 Å². The second kappa shape index (κ2) is 9.41. The molecular formula is C20H24ClN5O2. The molecule has 0 atom stereocenters. The monoisotopic (exact) mass is 401 g/mol. The third-order valence-corrected chi connectivity index (χ3v) is 4.85. The van der Waals surface area contributed by atoms with E-state index in [9.17, 15) is 9.59 Å². The van der Waals surface area contributed by atoms with Gasteiger partial charge >= 0.3 is 6.03 Å². The number of pyridine rings is 1. The van der Waals surface area contributed by atoms with Gasteiger partial charge < -0.3 is 20.9 Å². The molecule has 0 bridgehead atoms. The molecule has 3 N–H and O–H groups in total. The molecule has 0 radical (unpaired) electrons. The van der Waals surface area contributed by atoms with Gasteiger partial charge in [0.05, 0.1) is 5.02 Å². The van der Waals surface area contributed by atoms with Crippen LogP contribution in [-0.4, -0.2) is 36.6 Å². The minimum Gasteiger partial charge on any atom is -0.357 e. The second-order valence-corrected chi connectivity index (χ2v) is 7.09. The zero-order valence-electron chi connectivity index (χ0n) is 15.7. The van der Waals surface area contributed by atoms with Gasteiger partial charge in [-0.1, -0.05) is 17.7 Å². The summed E-state index contributed by atoms with van der Waals surface area (Å²) in [6.45, 7) is 3.94. The number of benzene rings is 1. The lowest BCUT2D eigenvalue weighted by molar-refractivity contribution is -0.120. The number of rotatable bonds is 5. The molecule has 1 aliphatic rings. The Bertz CT molecular complexity index is 820. The van der Waals surface area contributed by atoms with Crippen LogP contribution in [0, 0.1) is 5.92 Å². The van der Waals surface area contributed by atoms with Crippen LogP contribution in [0.1, 0.15) is 19.8 Å². The van der Waals surface area contributed by atoms with Gasteiger partial charge in [0.2, 0.25) is 5.91 Å². The summed E-state index contributed by atoms with van der Waals surface area (Å²) in [6, 6.07) is 10.6. The first-order valence-electron chi connectivity index (χ1n) is 9.37. The number of urea groups is 1. The van der Waals surface area contributed by atoms with Crippen molar-refractivity contribution in [2.45, 2.75) is 19.8 Å². The molecule has 2 aromatic rings. The Morgan fingerprint density at radius 2 is 1.86 bits per heavy atom. The highest BCUT2D eigenvalue weighted by atomic mass is 35.5. The van der Waals surface area contributed by atoms with Crippen molar-refractivity contribution >= 4 is 40.7 Å². The van der Waals surface area contributed by atoms with E-state index in [1.165, 1.54) is 0 Å². The molecule has 3 rings (SSSR count). The number of aromatic nitrogens is 1. The molecule has 1 aliphatic heterocycles. The fraction of sp³-hybridized carbons (Fsp3) is 0.350. The van der Waals surface area contributed by atoms with Gasteiger partial charge in [-0.2, -0.15) is 0 Å². The molecule has 1 fully saturated rings. The molecule has 7 nitrogen and oxygen atoms in total. The van der Waals surface area contributed by atoms with Gasteiger partial charge in [0, 0.05) is 43.1 Å². The van der Waals surface area contributed by atoms with E-state index in [1.54, 1.807) is 24.4 Å². The minimum atomic E-state index is -0.269. The van der Waals surface area contributed by atoms with E-state index in [2.05, 4.69) is 25.8 Å². The summed E-state index contributed by atoms with van der Waals surface area (Å²) < 4.78 is 0. The first kappa shape index (κ1) is 19.9. The number of amides is 3. The summed E-state index contributed by atoms with van der Waals surface area (Å²) in [5.41, 5.74) is 1.30. The average molecular weight is 402 g/mol.